The van der Waals surface area contributed by atoms with Gasteiger partial charge in [0, 0.05) is 39.9 Å². The molecule has 2 atom stereocenters. The summed E-state index contributed by atoms with van der Waals surface area (Å²) in [6, 6.07) is 14.5. The van der Waals surface area contributed by atoms with Crippen LogP contribution in [0.15, 0.2) is 54.6 Å². The fourth-order valence-corrected chi connectivity index (χ4v) is 5.67. The molecule has 0 radical (unpaired) electrons. The number of carbonyl (C=O) groups excluding carboxylic acids is 3. The van der Waals surface area contributed by atoms with E-state index in [9.17, 15) is 14.4 Å². The number of hydrogen-bond acceptors (Lipinski definition) is 3. The highest BCUT2D eigenvalue weighted by atomic mass is 35.5. The van der Waals surface area contributed by atoms with Crippen LogP contribution in [0.3, 0.4) is 0 Å². The normalized spacial score (nSPS) is 17.6. The SMILES string of the molecule is CC(=O)Nc1ccc(NC(=O)c2cc(NC(=O)C3C(c4cc(Cl)cc(Cl)c4)C3(Cl)Cl)ccc2Cl)c(C)c1. The maximum Gasteiger partial charge on any atom is 0.257 e. The molecule has 1 aliphatic rings. The number of benzene rings is 3. The van der Waals surface area contributed by atoms with Gasteiger partial charge in [-0.3, -0.25) is 14.4 Å². The standard InChI is InChI=1S/C26H20Cl5N3O3/c1-12-7-17(32-13(2)35)4-6-21(12)34-24(36)19-11-18(3-5-20(19)29)33-25(37)23-22(26(23,30)31)14-8-15(27)10-16(28)9-14/h3-11,22-23H,1-2H3,(H,32,35)(H,33,37)(H,34,36). The highest BCUT2D eigenvalue weighted by Crippen LogP contribution is 2.65. The molecule has 0 saturated heterocycles. The molecule has 4 rings (SSSR count). The molecular weight excluding hydrogens is 580 g/mol. The highest BCUT2D eigenvalue weighted by Gasteiger charge is 2.67. The molecule has 1 aliphatic carbocycles. The number of rotatable bonds is 6. The molecule has 0 heterocycles. The molecule has 0 bridgehead atoms. The lowest BCUT2D eigenvalue weighted by atomic mass is 10.1. The molecule has 37 heavy (non-hydrogen) atoms. The Morgan fingerprint density at radius 1 is 0.811 bits per heavy atom. The molecule has 3 amide bonds. The summed E-state index contributed by atoms with van der Waals surface area (Å²) in [5.74, 6) is -2.37. The predicted octanol–water partition coefficient (Wildman–Crippen LogP) is 7.69. The van der Waals surface area contributed by atoms with Crippen LogP contribution in [0, 0.1) is 12.8 Å². The number of hydrogen-bond donors (Lipinski definition) is 3. The summed E-state index contributed by atoms with van der Waals surface area (Å²) in [5, 5.41) is 9.26. The van der Waals surface area contributed by atoms with Crippen molar-refractivity contribution in [1.82, 2.24) is 0 Å². The molecule has 6 nitrogen and oxygen atoms in total. The Morgan fingerprint density at radius 2 is 1.43 bits per heavy atom. The van der Waals surface area contributed by atoms with Crippen molar-refractivity contribution in [2.45, 2.75) is 24.1 Å². The van der Waals surface area contributed by atoms with Gasteiger partial charge in [0.15, 0.2) is 0 Å². The lowest BCUT2D eigenvalue weighted by Gasteiger charge is -2.13. The fourth-order valence-electron chi connectivity index (χ4n) is 4.09. The summed E-state index contributed by atoms with van der Waals surface area (Å²) in [7, 11) is 0. The quantitative estimate of drug-likeness (QED) is 0.254. The van der Waals surface area contributed by atoms with Gasteiger partial charge in [-0.15, -0.1) is 23.2 Å². The third-order valence-corrected chi connectivity index (χ3v) is 7.56. The summed E-state index contributed by atoms with van der Waals surface area (Å²) >= 11 is 31.3. The summed E-state index contributed by atoms with van der Waals surface area (Å²) in [5.41, 5.74) is 3.04. The number of anilines is 3. The molecule has 3 N–H and O–H groups in total. The zero-order valence-electron chi connectivity index (χ0n) is 19.5. The monoisotopic (exact) mass is 597 g/mol. The average molecular weight is 600 g/mol. The second-order valence-corrected chi connectivity index (χ2v) is 11.4. The van der Waals surface area contributed by atoms with Gasteiger partial charge in [0.05, 0.1) is 16.5 Å². The van der Waals surface area contributed by atoms with E-state index in [1.54, 1.807) is 49.4 Å². The van der Waals surface area contributed by atoms with Gasteiger partial charge in [-0.2, -0.15) is 0 Å². The molecule has 0 aliphatic heterocycles. The van der Waals surface area contributed by atoms with E-state index in [0.717, 1.165) is 5.56 Å². The third kappa shape index (κ3) is 6.16. The van der Waals surface area contributed by atoms with Crippen molar-refractivity contribution in [3.05, 3.63) is 86.4 Å². The molecular formula is C26H20Cl5N3O3. The largest absolute Gasteiger partial charge is 0.326 e. The second-order valence-electron chi connectivity index (χ2n) is 8.68. The highest BCUT2D eigenvalue weighted by molar-refractivity contribution is 6.53. The van der Waals surface area contributed by atoms with Crippen molar-refractivity contribution in [2.24, 2.45) is 5.92 Å². The summed E-state index contributed by atoms with van der Waals surface area (Å²) < 4.78 is -1.34. The van der Waals surface area contributed by atoms with E-state index in [1.165, 1.54) is 19.1 Å². The number of aryl methyl sites for hydroxylation is 1. The Labute approximate surface area is 238 Å². The van der Waals surface area contributed by atoms with Gasteiger partial charge >= 0.3 is 0 Å². The Bertz CT molecular complexity index is 1410. The molecule has 1 saturated carbocycles. The maximum absolute atomic E-state index is 13.0. The zero-order chi connectivity index (χ0) is 27.1. The van der Waals surface area contributed by atoms with Crippen molar-refractivity contribution < 1.29 is 14.4 Å². The van der Waals surface area contributed by atoms with Crippen molar-refractivity contribution in [2.75, 3.05) is 16.0 Å². The molecule has 192 valence electrons. The van der Waals surface area contributed by atoms with Gasteiger partial charge in [-0.05, 0) is 72.6 Å². The smallest absolute Gasteiger partial charge is 0.257 e. The van der Waals surface area contributed by atoms with Crippen LogP contribution in [-0.2, 0) is 9.59 Å². The molecule has 0 spiro atoms. The van der Waals surface area contributed by atoms with Crippen molar-refractivity contribution in [1.29, 1.82) is 0 Å². The van der Waals surface area contributed by atoms with Crippen LogP contribution in [0.2, 0.25) is 15.1 Å². The first-order valence-electron chi connectivity index (χ1n) is 11.0. The van der Waals surface area contributed by atoms with E-state index in [1.807, 2.05) is 0 Å². The molecule has 2 unspecified atom stereocenters. The first kappa shape index (κ1) is 27.6. The first-order chi connectivity index (χ1) is 17.4. The van der Waals surface area contributed by atoms with E-state index < -0.39 is 28.0 Å². The number of carbonyl (C=O) groups is 3. The van der Waals surface area contributed by atoms with Gasteiger partial charge in [-0.25, -0.2) is 0 Å². The van der Waals surface area contributed by atoms with Gasteiger partial charge in [-0.1, -0.05) is 34.8 Å². The minimum atomic E-state index is -1.34. The first-order valence-corrected chi connectivity index (χ1v) is 12.9. The topological polar surface area (TPSA) is 87.3 Å². The van der Waals surface area contributed by atoms with Crippen molar-refractivity contribution >= 4 is 92.8 Å². The predicted molar refractivity (Wildman–Crippen MR) is 151 cm³/mol. The number of alkyl halides is 2. The second kappa shape index (κ2) is 10.7. The number of nitrogens with one attached hydrogen (secondary N) is 3. The maximum atomic E-state index is 13.0. The van der Waals surface area contributed by atoms with Crippen LogP contribution in [0.1, 0.15) is 34.3 Å². The van der Waals surface area contributed by atoms with Crippen LogP contribution in [-0.4, -0.2) is 22.1 Å². The van der Waals surface area contributed by atoms with E-state index in [2.05, 4.69) is 16.0 Å². The zero-order valence-corrected chi connectivity index (χ0v) is 23.2. The summed E-state index contributed by atoms with van der Waals surface area (Å²) in [4.78, 5) is 37.3. The third-order valence-electron chi connectivity index (χ3n) is 5.85. The van der Waals surface area contributed by atoms with Gasteiger partial charge in [0.1, 0.15) is 4.33 Å². The van der Waals surface area contributed by atoms with Gasteiger partial charge < -0.3 is 16.0 Å². The summed E-state index contributed by atoms with van der Waals surface area (Å²) in [6.45, 7) is 3.21. The van der Waals surface area contributed by atoms with Crippen molar-refractivity contribution in [3.63, 3.8) is 0 Å². The number of amides is 3. The lowest BCUT2D eigenvalue weighted by molar-refractivity contribution is -0.117. The van der Waals surface area contributed by atoms with Crippen LogP contribution in [0.5, 0.6) is 0 Å². The molecule has 1 fully saturated rings. The van der Waals surface area contributed by atoms with Gasteiger partial charge in [0.25, 0.3) is 5.91 Å². The Kier molecular flexibility index (Phi) is 7.98. The molecule has 3 aromatic rings. The minimum absolute atomic E-state index is 0.154. The van der Waals surface area contributed by atoms with Crippen LogP contribution in [0.4, 0.5) is 17.1 Å². The minimum Gasteiger partial charge on any atom is -0.326 e. The lowest BCUT2D eigenvalue weighted by Crippen LogP contribution is -2.18. The van der Waals surface area contributed by atoms with Gasteiger partial charge in [0.2, 0.25) is 11.8 Å². The van der Waals surface area contributed by atoms with Crippen LogP contribution in [0.25, 0.3) is 0 Å². The average Bonchev–Trinajstić information content (AvgIpc) is 3.38. The number of halogens is 5. The molecule has 3 aromatic carbocycles. The Morgan fingerprint density at radius 3 is 2.05 bits per heavy atom. The Balaban J connectivity index is 1.49. The Hall–Kier alpha value is -2.48. The van der Waals surface area contributed by atoms with E-state index in [0.29, 0.717) is 32.7 Å². The summed E-state index contributed by atoms with van der Waals surface area (Å²) in [6.07, 6.45) is 0. The molecule has 0 aromatic heterocycles. The fraction of sp³-hybridized carbons (Fsp3) is 0.192. The van der Waals surface area contributed by atoms with Crippen LogP contribution < -0.4 is 16.0 Å². The molecule has 11 heteroatoms. The van der Waals surface area contributed by atoms with Crippen LogP contribution >= 0.6 is 58.0 Å². The van der Waals surface area contributed by atoms with E-state index in [-0.39, 0.29) is 16.5 Å². The van der Waals surface area contributed by atoms with Crippen molar-refractivity contribution in [3.8, 4) is 0 Å². The van der Waals surface area contributed by atoms with E-state index >= 15 is 0 Å². The van der Waals surface area contributed by atoms with E-state index in [4.69, 9.17) is 58.0 Å².